The summed E-state index contributed by atoms with van der Waals surface area (Å²) < 4.78 is 53.7. The van der Waals surface area contributed by atoms with Crippen LogP contribution in [-0.4, -0.2) is 33.1 Å². The topological polar surface area (TPSA) is 156 Å². The molecule has 1 saturated carbocycles. The molecule has 3 rings (SSSR count). The lowest BCUT2D eigenvalue weighted by molar-refractivity contribution is 0.0997. The largest absolute Gasteiger partial charge is 0.507 e. The molecule has 1 fully saturated rings. The molecule has 1 aliphatic carbocycles. The molecule has 2 aromatic rings. The van der Waals surface area contributed by atoms with Gasteiger partial charge in [-0.05, 0) is 49.2 Å². The summed E-state index contributed by atoms with van der Waals surface area (Å²) in [5.41, 5.74) is 5.13. The Balaban J connectivity index is 1.85. The molecule has 0 radical (unpaired) electrons. The van der Waals surface area contributed by atoms with E-state index < -0.39 is 37.0 Å². The lowest BCUT2D eigenvalue weighted by atomic mass is 10.2. The number of rotatable bonds is 7. The van der Waals surface area contributed by atoms with Gasteiger partial charge < -0.3 is 10.8 Å². The molecular formula is C16H17N3O6S2. The molecule has 5 N–H and O–H groups in total. The molecule has 0 unspecified atom stereocenters. The average molecular weight is 411 g/mol. The molecule has 1 aliphatic rings. The lowest BCUT2D eigenvalue weighted by Crippen LogP contribution is -2.18. The van der Waals surface area contributed by atoms with Gasteiger partial charge in [0.2, 0.25) is 10.0 Å². The Bertz CT molecular complexity index is 1110. The van der Waals surface area contributed by atoms with Crippen molar-refractivity contribution in [3.05, 3.63) is 48.0 Å². The van der Waals surface area contributed by atoms with E-state index in [0.717, 1.165) is 18.2 Å². The van der Waals surface area contributed by atoms with Gasteiger partial charge in [0.25, 0.3) is 15.9 Å². The predicted molar refractivity (Wildman–Crippen MR) is 99.4 cm³/mol. The number of benzene rings is 2. The number of amides is 1. The molecule has 0 bridgehead atoms. The fourth-order valence-electron chi connectivity index (χ4n) is 2.37. The SMILES string of the molecule is NC(=O)c1cc(S(=O)(=O)Nc2cccc(NS(=O)(=O)C3CC3)c2)ccc1O. The summed E-state index contributed by atoms with van der Waals surface area (Å²) in [5, 5.41) is 9.16. The number of aromatic hydroxyl groups is 1. The van der Waals surface area contributed by atoms with Crippen LogP contribution in [0.15, 0.2) is 47.4 Å². The number of nitrogens with one attached hydrogen (secondary N) is 2. The van der Waals surface area contributed by atoms with Crippen LogP contribution < -0.4 is 15.2 Å². The first-order chi connectivity index (χ1) is 12.6. The number of carbonyl (C=O) groups excluding carboxylic acids is 1. The second kappa shape index (κ2) is 6.74. The van der Waals surface area contributed by atoms with E-state index in [1.54, 1.807) is 0 Å². The molecule has 0 spiro atoms. The van der Waals surface area contributed by atoms with Gasteiger partial charge >= 0.3 is 0 Å². The van der Waals surface area contributed by atoms with Crippen molar-refractivity contribution in [1.82, 2.24) is 0 Å². The van der Waals surface area contributed by atoms with Gasteiger partial charge in [0.05, 0.1) is 27.1 Å². The van der Waals surface area contributed by atoms with E-state index in [-0.39, 0.29) is 21.8 Å². The standard InChI is InChI=1S/C16H17N3O6S2/c17-16(21)14-9-13(6-7-15(14)20)27(24,25)19-11-3-1-2-10(8-11)18-26(22,23)12-4-5-12/h1-3,6-9,12,18-20H,4-5H2,(H2,17,21). The Kier molecular flexibility index (Phi) is 4.74. The number of anilines is 2. The maximum atomic E-state index is 12.5. The Labute approximate surface area is 156 Å². The third-order valence-corrected chi connectivity index (χ3v) is 7.13. The zero-order valence-electron chi connectivity index (χ0n) is 13.9. The van der Waals surface area contributed by atoms with Crippen molar-refractivity contribution in [3.8, 4) is 5.75 Å². The summed E-state index contributed by atoms with van der Waals surface area (Å²) in [6.07, 6.45) is 1.20. The quantitative estimate of drug-likeness (QED) is 0.536. The van der Waals surface area contributed by atoms with Crippen LogP contribution in [0.1, 0.15) is 23.2 Å². The predicted octanol–water partition coefficient (Wildman–Crippen LogP) is 1.20. The smallest absolute Gasteiger partial charge is 0.261 e. The van der Waals surface area contributed by atoms with E-state index in [1.165, 1.54) is 24.3 Å². The summed E-state index contributed by atoms with van der Waals surface area (Å²) in [4.78, 5) is 11.0. The highest BCUT2D eigenvalue weighted by Gasteiger charge is 2.35. The Morgan fingerprint density at radius 1 is 1.00 bits per heavy atom. The number of primary amides is 1. The molecule has 0 aromatic heterocycles. The van der Waals surface area contributed by atoms with E-state index in [1.807, 2.05) is 0 Å². The first-order valence-corrected chi connectivity index (χ1v) is 10.9. The number of hydrogen-bond donors (Lipinski definition) is 4. The number of sulfonamides is 2. The fourth-order valence-corrected chi connectivity index (χ4v) is 4.82. The van der Waals surface area contributed by atoms with Crippen LogP contribution in [0.25, 0.3) is 0 Å². The lowest BCUT2D eigenvalue weighted by Gasteiger charge is -2.12. The molecule has 11 heteroatoms. The van der Waals surface area contributed by atoms with E-state index in [4.69, 9.17) is 5.73 Å². The molecule has 0 aliphatic heterocycles. The Morgan fingerprint density at radius 2 is 1.63 bits per heavy atom. The minimum Gasteiger partial charge on any atom is -0.507 e. The van der Waals surface area contributed by atoms with Gasteiger partial charge in [0.1, 0.15) is 5.75 Å². The minimum absolute atomic E-state index is 0.125. The summed E-state index contributed by atoms with van der Waals surface area (Å²) >= 11 is 0. The van der Waals surface area contributed by atoms with E-state index >= 15 is 0 Å². The highest BCUT2D eigenvalue weighted by atomic mass is 32.2. The average Bonchev–Trinajstić information content (AvgIpc) is 3.39. The Hall–Kier alpha value is -2.79. The molecule has 27 heavy (non-hydrogen) atoms. The zero-order valence-corrected chi connectivity index (χ0v) is 15.5. The van der Waals surface area contributed by atoms with Crippen molar-refractivity contribution in [3.63, 3.8) is 0 Å². The Morgan fingerprint density at radius 3 is 2.22 bits per heavy atom. The van der Waals surface area contributed by atoms with Gasteiger partial charge in [-0.3, -0.25) is 14.2 Å². The van der Waals surface area contributed by atoms with Gasteiger partial charge in [-0.1, -0.05) is 6.07 Å². The van der Waals surface area contributed by atoms with Gasteiger partial charge in [0, 0.05) is 0 Å². The third kappa shape index (κ3) is 4.31. The second-order valence-electron chi connectivity index (χ2n) is 6.08. The molecular weight excluding hydrogens is 394 g/mol. The number of hydrogen-bond acceptors (Lipinski definition) is 6. The maximum Gasteiger partial charge on any atom is 0.261 e. The highest BCUT2D eigenvalue weighted by molar-refractivity contribution is 7.93. The monoisotopic (exact) mass is 411 g/mol. The van der Waals surface area contributed by atoms with E-state index in [0.29, 0.717) is 12.8 Å². The first-order valence-electron chi connectivity index (χ1n) is 7.86. The van der Waals surface area contributed by atoms with Crippen LogP contribution in [-0.2, 0) is 20.0 Å². The first kappa shape index (κ1) is 19.0. The van der Waals surface area contributed by atoms with Crippen LogP contribution in [0.3, 0.4) is 0 Å². The van der Waals surface area contributed by atoms with Gasteiger partial charge in [0.15, 0.2) is 0 Å². The second-order valence-corrected chi connectivity index (χ2v) is 9.72. The van der Waals surface area contributed by atoms with Crippen LogP contribution >= 0.6 is 0 Å². The summed E-state index contributed by atoms with van der Waals surface area (Å²) in [6.45, 7) is 0. The molecule has 144 valence electrons. The van der Waals surface area contributed by atoms with Crippen LogP contribution in [0.2, 0.25) is 0 Å². The third-order valence-electron chi connectivity index (χ3n) is 3.88. The van der Waals surface area contributed by atoms with Gasteiger partial charge in [-0.2, -0.15) is 0 Å². The van der Waals surface area contributed by atoms with Gasteiger partial charge in [-0.15, -0.1) is 0 Å². The van der Waals surface area contributed by atoms with Crippen molar-refractivity contribution in [2.45, 2.75) is 23.0 Å². The normalized spacial score (nSPS) is 14.5. The van der Waals surface area contributed by atoms with Crippen LogP contribution in [0, 0.1) is 0 Å². The zero-order chi connectivity index (χ0) is 19.8. The highest BCUT2D eigenvalue weighted by Crippen LogP contribution is 2.30. The molecule has 1 amide bonds. The van der Waals surface area contributed by atoms with Crippen LogP contribution in [0.5, 0.6) is 5.75 Å². The summed E-state index contributed by atoms with van der Waals surface area (Å²) in [5.74, 6) is -1.40. The summed E-state index contributed by atoms with van der Waals surface area (Å²) in [6, 6.07) is 8.91. The minimum atomic E-state index is -4.10. The number of phenols is 1. The number of carbonyl (C=O) groups is 1. The van der Waals surface area contributed by atoms with Gasteiger partial charge in [-0.25, -0.2) is 16.8 Å². The van der Waals surface area contributed by atoms with E-state index in [9.17, 15) is 26.7 Å². The molecule has 0 atom stereocenters. The molecule has 9 nitrogen and oxygen atoms in total. The molecule has 2 aromatic carbocycles. The maximum absolute atomic E-state index is 12.5. The molecule has 0 heterocycles. The fraction of sp³-hybridized carbons (Fsp3) is 0.188. The van der Waals surface area contributed by atoms with E-state index in [2.05, 4.69) is 9.44 Å². The van der Waals surface area contributed by atoms with Crippen molar-refractivity contribution in [1.29, 1.82) is 0 Å². The van der Waals surface area contributed by atoms with Crippen molar-refractivity contribution < 1.29 is 26.7 Å². The molecule has 0 saturated heterocycles. The van der Waals surface area contributed by atoms with Crippen molar-refractivity contribution in [2.24, 2.45) is 5.73 Å². The van der Waals surface area contributed by atoms with Crippen molar-refractivity contribution >= 4 is 37.3 Å². The summed E-state index contributed by atoms with van der Waals surface area (Å²) in [7, 11) is -7.58. The van der Waals surface area contributed by atoms with Crippen LogP contribution in [0.4, 0.5) is 11.4 Å². The van der Waals surface area contributed by atoms with Crippen molar-refractivity contribution in [2.75, 3.05) is 9.44 Å². The number of nitrogens with two attached hydrogens (primary N) is 1.